The second-order valence-corrected chi connectivity index (χ2v) is 6.98. The number of hydrogen-bond acceptors (Lipinski definition) is 4. The molecule has 0 bridgehead atoms. The van der Waals surface area contributed by atoms with E-state index >= 15 is 0 Å². The summed E-state index contributed by atoms with van der Waals surface area (Å²) in [6.07, 6.45) is 0.894. The topological polar surface area (TPSA) is 72.2 Å². The fourth-order valence-corrected chi connectivity index (χ4v) is 4.64. The number of rotatable bonds is 3. The van der Waals surface area contributed by atoms with Gasteiger partial charge in [0.2, 0.25) is 10.0 Å². The maximum absolute atomic E-state index is 12.2. The normalized spacial score (nSPS) is 20.6. The second-order valence-electron chi connectivity index (χ2n) is 4.15. The minimum Gasteiger partial charge on any atom is -0.398 e. The first-order valence-electron chi connectivity index (χ1n) is 5.46. The average molecular weight is 272 g/mol. The number of sulfonamides is 1. The van der Waals surface area contributed by atoms with Crippen molar-refractivity contribution in [1.82, 2.24) is 4.72 Å². The van der Waals surface area contributed by atoms with Crippen LogP contribution < -0.4 is 10.5 Å². The van der Waals surface area contributed by atoms with Crippen LogP contribution in [0.25, 0.3) is 0 Å². The van der Waals surface area contributed by atoms with Crippen molar-refractivity contribution in [3.63, 3.8) is 0 Å². The van der Waals surface area contributed by atoms with Crippen LogP contribution in [0.1, 0.15) is 12.0 Å². The van der Waals surface area contributed by atoms with Gasteiger partial charge in [-0.25, -0.2) is 13.1 Å². The molecule has 3 N–H and O–H groups in total. The highest BCUT2D eigenvalue weighted by atomic mass is 32.2. The minimum absolute atomic E-state index is 0.0471. The van der Waals surface area contributed by atoms with E-state index in [0.29, 0.717) is 11.3 Å². The van der Waals surface area contributed by atoms with E-state index in [9.17, 15) is 8.42 Å². The number of hydrogen-bond donors (Lipinski definition) is 2. The Labute approximate surface area is 106 Å². The van der Waals surface area contributed by atoms with Gasteiger partial charge in [-0.05, 0) is 36.8 Å². The molecule has 0 spiro atoms. The Morgan fingerprint density at radius 1 is 1.47 bits per heavy atom. The largest absolute Gasteiger partial charge is 0.398 e. The van der Waals surface area contributed by atoms with Crippen LogP contribution in [-0.4, -0.2) is 26.0 Å². The van der Waals surface area contributed by atoms with Gasteiger partial charge < -0.3 is 5.73 Å². The molecule has 0 amide bonds. The van der Waals surface area contributed by atoms with Crippen molar-refractivity contribution in [3.8, 4) is 0 Å². The number of nitrogen functional groups attached to an aromatic ring is 1. The number of benzene rings is 1. The number of nitrogens with one attached hydrogen (secondary N) is 1. The molecule has 1 aromatic carbocycles. The zero-order valence-corrected chi connectivity index (χ0v) is 11.3. The van der Waals surface area contributed by atoms with Crippen molar-refractivity contribution >= 4 is 27.5 Å². The van der Waals surface area contributed by atoms with Crippen molar-refractivity contribution in [3.05, 3.63) is 23.8 Å². The SMILES string of the molecule is Cc1c(N)cccc1S(=O)(=O)NC1CCSC1. The molecule has 1 atom stereocenters. The smallest absolute Gasteiger partial charge is 0.241 e. The van der Waals surface area contributed by atoms with Crippen molar-refractivity contribution in [2.75, 3.05) is 17.2 Å². The van der Waals surface area contributed by atoms with Gasteiger partial charge in [0, 0.05) is 17.5 Å². The molecule has 6 heteroatoms. The molecular weight excluding hydrogens is 256 g/mol. The van der Waals surface area contributed by atoms with Gasteiger partial charge in [-0.1, -0.05) is 6.07 Å². The fraction of sp³-hybridized carbons (Fsp3) is 0.455. The van der Waals surface area contributed by atoms with Gasteiger partial charge in [0.25, 0.3) is 0 Å². The summed E-state index contributed by atoms with van der Waals surface area (Å²) < 4.78 is 27.1. The molecule has 0 aromatic heterocycles. The lowest BCUT2D eigenvalue weighted by Crippen LogP contribution is -2.35. The van der Waals surface area contributed by atoms with Crippen LogP contribution in [0.4, 0.5) is 5.69 Å². The lowest BCUT2D eigenvalue weighted by atomic mass is 10.2. The zero-order chi connectivity index (χ0) is 12.5. The van der Waals surface area contributed by atoms with Gasteiger partial charge in [0.05, 0.1) is 4.90 Å². The number of nitrogens with two attached hydrogens (primary N) is 1. The van der Waals surface area contributed by atoms with E-state index in [1.807, 2.05) is 0 Å². The third-order valence-electron chi connectivity index (χ3n) is 2.87. The molecule has 0 aliphatic carbocycles. The first-order valence-corrected chi connectivity index (χ1v) is 8.09. The average Bonchev–Trinajstić information content (AvgIpc) is 2.73. The number of thioether (sulfide) groups is 1. The molecule has 17 heavy (non-hydrogen) atoms. The summed E-state index contributed by atoms with van der Waals surface area (Å²) in [6.45, 7) is 1.73. The molecule has 0 saturated carbocycles. The van der Waals surface area contributed by atoms with Crippen LogP contribution in [-0.2, 0) is 10.0 Å². The maximum Gasteiger partial charge on any atom is 0.241 e. The molecule has 1 aromatic rings. The summed E-state index contributed by atoms with van der Waals surface area (Å²) in [5, 5.41) is 0. The van der Waals surface area contributed by atoms with Crippen LogP contribution in [0.2, 0.25) is 0 Å². The number of anilines is 1. The predicted octanol–water partition coefficient (Wildman–Crippen LogP) is 1.36. The summed E-state index contributed by atoms with van der Waals surface area (Å²) in [5.41, 5.74) is 6.85. The molecule has 0 radical (unpaired) electrons. The minimum atomic E-state index is -3.44. The highest BCUT2D eigenvalue weighted by Gasteiger charge is 2.24. The fourth-order valence-electron chi connectivity index (χ4n) is 1.83. The quantitative estimate of drug-likeness (QED) is 0.815. The van der Waals surface area contributed by atoms with E-state index in [1.54, 1.807) is 36.9 Å². The van der Waals surface area contributed by atoms with Gasteiger partial charge in [0.1, 0.15) is 0 Å². The molecule has 94 valence electrons. The highest BCUT2D eigenvalue weighted by Crippen LogP contribution is 2.23. The van der Waals surface area contributed by atoms with E-state index in [4.69, 9.17) is 5.73 Å². The Hall–Kier alpha value is -0.720. The summed E-state index contributed by atoms with van der Waals surface area (Å²) in [5.74, 6) is 1.86. The standard InChI is InChI=1S/C11H16N2O2S2/c1-8-10(12)3-2-4-11(8)17(14,15)13-9-5-6-16-7-9/h2-4,9,13H,5-7,12H2,1H3. The van der Waals surface area contributed by atoms with Gasteiger partial charge in [-0.15, -0.1) is 0 Å². The van der Waals surface area contributed by atoms with E-state index in [2.05, 4.69) is 4.72 Å². The molecule has 1 heterocycles. The second kappa shape index (κ2) is 4.88. The highest BCUT2D eigenvalue weighted by molar-refractivity contribution is 7.99. The summed E-state index contributed by atoms with van der Waals surface area (Å²) in [6, 6.07) is 5.02. The van der Waals surface area contributed by atoms with Gasteiger partial charge >= 0.3 is 0 Å². The molecule has 4 nitrogen and oxygen atoms in total. The predicted molar refractivity (Wildman–Crippen MR) is 71.6 cm³/mol. The van der Waals surface area contributed by atoms with Crippen LogP contribution in [0.5, 0.6) is 0 Å². The van der Waals surface area contributed by atoms with E-state index in [-0.39, 0.29) is 10.9 Å². The molecule has 1 aliphatic rings. The van der Waals surface area contributed by atoms with Gasteiger partial charge in [0.15, 0.2) is 0 Å². The van der Waals surface area contributed by atoms with Gasteiger partial charge in [-0.3, -0.25) is 0 Å². The Balaban J connectivity index is 2.28. The molecule has 1 unspecified atom stereocenters. The molecule has 2 rings (SSSR count). The molecular formula is C11H16N2O2S2. The lowest BCUT2D eigenvalue weighted by molar-refractivity contribution is 0.562. The summed E-state index contributed by atoms with van der Waals surface area (Å²) in [4.78, 5) is 0.286. The third kappa shape index (κ3) is 2.75. The van der Waals surface area contributed by atoms with E-state index in [0.717, 1.165) is 17.9 Å². The van der Waals surface area contributed by atoms with Crippen LogP contribution >= 0.6 is 11.8 Å². The van der Waals surface area contributed by atoms with Crippen LogP contribution in [0.15, 0.2) is 23.1 Å². The molecule has 1 fully saturated rings. The summed E-state index contributed by atoms with van der Waals surface area (Å²) in [7, 11) is -3.44. The zero-order valence-electron chi connectivity index (χ0n) is 9.64. The maximum atomic E-state index is 12.2. The first kappa shape index (κ1) is 12.7. The molecule has 1 aliphatic heterocycles. The van der Waals surface area contributed by atoms with Crippen molar-refractivity contribution in [2.45, 2.75) is 24.3 Å². The lowest BCUT2D eigenvalue weighted by Gasteiger charge is -2.14. The van der Waals surface area contributed by atoms with E-state index in [1.165, 1.54) is 0 Å². The van der Waals surface area contributed by atoms with Crippen molar-refractivity contribution < 1.29 is 8.42 Å². The first-order chi connectivity index (χ1) is 8.00. The molecule has 1 saturated heterocycles. The van der Waals surface area contributed by atoms with Crippen LogP contribution in [0.3, 0.4) is 0 Å². The Morgan fingerprint density at radius 2 is 2.24 bits per heavy atom. The van der Waals surface area contributed by atoms with Gasteiger partial charge in [-0.2, -0.15) is 11.8 Å². The Morgan fingerprint density at radius 3 is 2.88 bits per heavy atom. The van der Waals surface area contributed by atoms with Crippen molar-refractivity contribution in [2.24, 2.45) is 0 Å². The Bertz CT molecular complexity index is 508. The summed E-state index contributed by atoms with van der Waals surface area (Å²) >= 11 is 1.77. The monoisotopic (exact) mass is 272 g/mol. The Kier molecular flexibility index (Phi) is 3.65. The van der Waals surface area contributed by atoms with E-state index < -0.39 is 10.0 Å². The van der Waals surface area contributed by atoms with Crippen LogP contribution in [0, 0.1) is 6.92 Å². The third-order valence-corrected chi connectivity index (χ3v) is 5.69. The van der Waals surface area contributed by atoms with Crippen molar-refractivity contribution in [1.29, 1.82) is 0 Å².